The number of nitrogens with two attached hydrogens (primary N) is 1. The van der Waals surface area contributed by atoms with Crippen molar-refractivity contribution in [1.29, 1.82) is 0 Å². The van der Waals surface area contributed by atoms with Crippen LogP contribution in [-0.2, 0) is 14.6 Å². The van der Waals surface area contributed by atoms with Crippen molar-refractivity contribution < 1.29 is 13.2 Å². The van der Waals surface area contributed by atoms with E-state index in [0.717, 1.165) is 5.56 Å². The van der Waals surface area contributed by atoms with Crippen molar-refractivity contribution in [2.45, 2.75) is 12.5 Å². The number of carbonyl (C=O) groups excluding carboxylic acids is 1. The molecule has 1 atom stereocenters. The number of carbonyl (C=O) groups is 1. The molecule has 2 rings (SSSR count). The first-order chi connectivity index (χ1) is 8.98. The molecule has 1 aliphatic heterocycles. The first-order valence-corrected chi connectivity index (χ1v) is 8.09. The number of halogens is 1. The lowest BCUT2D eigenvalue weighted by Crippen LogP contribution is -2.44. The number of hydrogen-bond donors (Lipinski definition) is 1. The summed E-state index contributed by atoms with van der Waals surface area (Å²) in [6.07, 6.45) is 0.212. The van der Waals surface area contributed by atoms with E-state index in [1.807, 2.05) is 30.3 Å². The van der Waals surface area contributed by atoms with Gasteiger partial charge in [0.1, 0.15) is 0 Å². The van der Waals surface area contributed by atoms with E-state index in [2.05, 4.69) is 0 Å². The summed E-state index contributed by atoms with van der Waals surface area (Å²) in [6, 6.07) is 9.10. The van der Waals surface area contributed by atoms with Crippen molar-refractivity contribution in [3.63, 3.8) is 0 Å². The molecule has 0 spiro atoms. The third-order valence-corrected chi connectivity index (χ3v) is 4.93. The zero-order valence-electron chi connectivity index (χ0n) is 11.1. The Hall–Kier alpha value is -1.11. The number of sulfone groups is 1. The zero-order valence-corrected chi connectivity index (χ0v) is 12.7. The molecule has 5 nitrogen and oxygen atoms in total. The number of benzene rings is 1. The molecule has 1 amide bonds. The fraction of sp³-hybridized carbons (Fsp3) is 0.462. The second-order valence-electron chi connectivity index (χ2n) is 4.75. The Morgan fingerprint density at radius 2 is 1.75 bits per heavy atom. The van der Waals surface area contributed by atoms with E-state index < -0.39 is 9.84 Å². The van der Waals surface area contributed by atoms with Crippen molar-refractivity contribution >= 4 is 28.2 Å². The predicted molar refractivity (Wildman–Crippen MR) is 80.5 cm³/mol. The Balaban J connectivity index is 0.00000200. The van der Waals surface area contributed by atoms with Crippen LogP contribution in [-0.4, -0.2) is 43.8 Å². The van der Waals surface area contributed by atoms with Crippen LogP contribution in [0.1, 0.15) is 18.0 Å². The average molecular weight is 319 g/mol. The predicted octanol–water partition coefficient (Wildman–Crippen LogP) is 0.755. The maximum absolute atomic E-state index is 12.0. The van der Waals surface area contributed by atoms with Crippen LogP contribution in [0.5, 0.6) is 0 Å². The Bertz CT molecular complexity index is 534. The van der Waals surface area contributed by atoms with Crippen molar-refractivity contribution in [3.05, 3.63) is 35.9 Å². The molecule has 7 heteroatoms. The molecule has 0 aromatic heterocycles. The van der Waals surface area contributed by atoms with Gasteiger partial charge in [-0.05, 0) is 5.56 Å². The van der Waals surface area contributed by atoms with E-state index in [1.165, 1.54) is 0 Å². The Morgan fingerprint density at radius 1 is 1.20 bits per heavy atom. The van der Waals surface area contributed by atoms with Gasteiger partial charge in [0.05, 0.1) is 11.5 Å². The van der Waals surface area contributed by atoms with Crippen molar-refractivity contribution in [1.82, 2.24) is 4.90 Å². The molecule has 0 bridgehead atoms. The molecule has 2 N–H and O–H groups in total. The molecule has 0 aliphatic carbocycles. The van der Waals surface area contributed by atoms with Crippen LogP contribution in [0.15, 0.2) is 30.3 Å². The molecule has 1 heterocycles. The van der Waals surface area contributed by atoms with Gasteiger partial charge in [0, 0.05) is 25.6 Å². The largest absolute Gasteiger partial charge is 0.341 e. The van der Waals surface area contributed by atoms with Gasteiger partial charge in [0.15, 0.2) is 9.84 Å². The summed E-state index contributed by atoms with van der Waals surface area (Å²) in [4.78, 5) is 13.6. The molecule has 1 fully saturated rings. The van der Waals surface area contributed by atoms with E-state index in [0.29, 0.717) is 0 Å². The fourth-order valence-electron chi connectivity index (χ4n) is 2.10. The van der Waals surface area contributed by atoms with Gasteiger partial charge in [0.25, 0.3) is 0 Å². The Labute approximate surface area is 125 Å². The normalized spacial score (nSPS) is 18.9. The highest BCUT2D eigenvalue weighted by Crippen LogP contribution is 2.15. The number of rotatable bonds is 3. The minimum atomic E-state index is -2.95. The average Bonchev–Trinajstić information content (AvgIpc) is 2.39. The maximum Gasteiger partial charge on any atom is 0.224 e. The monoisotopic (exact) mass is 318 g/mol. The lowest BCUT2D eigenvalue weighted by atomic mass is 10.0. The molecule has 1 unspecified atom stereocenters. The molecule has 20 heavy (non-hydrogen) atoms. The molecule has 0 radical (unpaired) electrons. The van der Waals surface area contributed by atoms with Crippen molar-refractivity contribution in [2.24, 2.45) is 5.73 Å². The first-order valence-electron chi connectivity index (χ1n) is 6.27. The van der Waals surface area contributed by atoms with E-state index in [1.54, 1.807) is 4.90 Å². The van der Waals surface area contributed by atoms with Crippen LogP contribution in [0.4, 0.5) is 0 Å². The quantitative estimate of drug-likeness (QED) is 0.892. The van der Waals surface area contributed by atoms with E-state index in [9.17, 15) is 13.2 Å². The second-order valence-corrected chi connectivity index (χ2v) is 7.06. The lowest BCUT2D eigenvalue weighted by molar-refractivity contribution is -0.131. The molecule has 1 aliphatic rings. The van der Waals surface area contributed by atoms with Crippen LogP contribution in [0.2, 0.25) is 0 Å². The van der Waals surface area contributed by atoms with E-state index in [4.69, 9.17) is 5.73 Å². The van der Waals surface area contributed by atoms with Crippen molar-refractivity contribution in [3.8, 4) is 0 Å². The summed E-state index contributed by atoms with van der Waals surface area (Å²) in [5.41, 5.74) is 6.91. The molecule has 0 saturated carbocycles. The minimum Gasteiger partial charge on any atom is -0.341 e. The number of amides is 1. The van der Waals surface area contributed by atoms with Crippen molar-refractivity contribution in [2.75, 3.05) is 24.6 Å². The smallest absolute Gasteiger partial charge is 0.224 e. The van der Waals surface area contributed by atoms with Gasteiger partial charge in [-0.1, -0.05) is 30.3 Å². The van der Waals surface area contributed by atoms with Gasteiger partial charge >= 0.3 is 0 Å². The number of nitrogens with zero attached hydrogens (tertiary/aromatic N) is 1. The number of hydrogen-bond acceptors (Lipinski definition) is 4. The lowest BCUT2D eigenvalue weighted by Gasteiger charge is -2.27. The summed E-state index contributed by atoms with van der Waals surface area (Å²) < 4.78 is 22.6. The Morgan fingerprint density at radius 3 is 2.30 bits per heavy atom. The second kappa shape index (κ2) is 7.06. The molecule has 1 saturated heterocycles. The maximum atomic E-state index is 12.0. The van der Waals surface area contributed by atoms with Gasteiger partial charge in [-0.25, -0.2) is 8.42 Å². The summed E-state index contributed by atoms with van der Waals surface area (Å²) in [7, 11) is -2.95. The summed E-state index contributed by atoms with van der Waals surface area (Å²) in [5.74, 6) is 0.0322. The minimum absolute atomic E-state index is 0. The van der Waals surface area contributed by atoms with E-state index >= 15 is 0 Å². The highest BCUT2D eigenvalue weighted by Gasteiger charge is 2.25. The summed E-state index contributed by atoms with van der Waals surface area (Å²) in [6.45, 7) is 0.561. The standard InChI is InChI=1S/C13H18N2O3S.ClH/c14-12(11-4-2-1-3-5-11)10-13(16)15-6-8-19(17,18)9-7-15;/h1-5,12H,6-10,14H2;1H. The molecule has 112 valence electrons. The van der Waals surface area contributed by atoms with E-state index in [-0.39, 0.29) is 55.4 Å². The van der Waals surface area contributed by atoms with Gasteiger partial charge in [-0.15, -0.1) is 12.4 Å². The van der Waals surface area contributed by atoms with Crippen LogP contribution >= 0.6 is 12.4 Å². The summed E-state index contributed by atoms with van der Waals surface area (Å²) >= 11 is 0. The third-order valence-electron chi connectivity index (χ3n) is 3.32. The zero-order chi connectivity index (χ0) is 13.9. The molecule has 1 aromatic carbocycles. The SMILES string of the molecule is Cl.NC(CC(=O)N1CCS(=O)(=O)CC1)c1ccccc1. The third kappa shape index (κ3) is 4.47. The van der Waals surface area contributed by atoms with Crippen LogP contribution < -0.4 is 5.73 Å². The molecular formula is C13H19ClN2O3S. The molecular weight excluding hydrogens is 300 g/mol. The topological polar surface area (TPSA) is 80.5 Å². The Kier molecular flexibility index (Phi) is 5.98. The van der Waals surface area contributed by atoms with Gasteiger partial charge < -0.3 is 10.6 Å². The van der Waals surface area contributed by atoms with Gasteiger partial charge in [0.2, 0.25) is 5.91 Å². The first kappa shape index (κ1) is 16.9. The molecule has 1 aromatic rings. The van der Waals surface area contributed by atoms with Crippen LogP contribution in [0.3, 0.4) is 0 Å². The van der Waals surface area contributed by atoms with Gasteiger partial charge in [-0.3, -0.25) is 4.79 Å². The van der Waals surface area contributed by atoms with Crippen LogP contribution in [0, 0.1) is 0 Å². The fourth-order valence-corrected chi connectivity index (χ4v) is 3.30. The highest BCUT2D eigenvalue weighted by molar-refractivity contribution is 7.91. The van der Waals surface area contributed by atoms with Gasteiger partial charge in [-0.2, -0.15) is 0 Å². The highest BCUT2D eigenvalue weighted by atomic mass is 35.5. The summed E-state index contributed by atoms with van der Waals surface area (Å²) in [5, 5.41) is 0. The van der Waals surface area contributed by atoms with Crippen LogP contribution in [0.25, 0.3) is 0 Å².